The van der Waals surface area contributed by atoms with Crippen molar-refractivity contribution in [2.45, 2.75) is 13.3 Å². The Morgan fingerprint density at radius 1 is 0.783 bits per heavy atom. The van der Waals surface area contributed by atoms with E-state index in [1.54, 1.807) is 6.07 Å². The molecule has 3 aromatic carbocycles. The van der Waals surface area contributed by atoms with E-state index in [0.29, 0.717) is 5.39 Å². The number of hydrogen-bond acceptors (Lipinski definition) is 5. The Balaban J connectivity index is 2.08. The van der Waals surface area contributed by atoms with Crippen molar-refractivity contribution in [1.82, 2.24) is 0 Å². The lowest BCUT2D eigenvalue weighted by atomic mass is 10.0. The molecule has 116 valence electrons. The maximum atomic E-state index is 10.4. The van der Waals surface area contributed by atoms with Crippen LogP contribution in [-0.2, 0) is 6.42 Å². The van der Waals surface area contributed by atoms with Crippen LogP contribution in [0.15, 0.2) is 58.8 Å². The number of nitrogens with zero attached hydrogens (tertiary/aromatic N) is 2. The number of aromatic hydroxyl groups is 3. The van der Waals surface area contributed by atoms with E-state index in [2.05, 4.69) is 17.2 Å². The maximum absolute atomic E-state index is 10.4. The van der Waals surface area contributed by atoms with Crippen LogP contribution in [0.1, 0.15) is 12.5 Å². The van der Waals surface area contributed by atoms with Crippen molar-refractivity contribution in [3.8, 4) is 17.2 Å². The Kier molecular flexibility index (Phi) is 3.85. The predicted octanol–water partition coefficient (Wildman–Crippen LogP) is 4.93. The molecule has 0 aromatic heterocycles. The van der Waals surface area contributed by atoms with E-state index < -0.39 is 0 Å². The lowest BCUT2D eigenvalue weighted by molar-refractivity contribution is 0.452. The lowest BCUT2D eigenvalue weighted by Crippen LogP contribution is -1.83. The van der Waals surface area contributed by atoms with Gasteiger partial charge in [-0.1, -0.05) is 37.3 Å². The summed E-state index contributed by atoms with van der Waals surface area (Å²) in [5, 5.41) is 39.3. The van der Waals surface area contributed by atoms with E-state index in [1.807, 2.05) is 24.3 Å². The summed E-state index contributed by atoms with van der Waals surface area (Å²) in [5.41, 5.74) is 1.38. The Labute approximate surface area is 133 Å². The number of azo groups is 1. The first-order valence-corrected chi connectivity index (χ1v) is 7.28. The number of phenolic OH excluding ortho intramolecular Hbond substituents is 3. The van der Waals surface area contributed by atoms with E-state index in [1.165, 1.54) is 18.2 Å². The molecule has 0 radical (unpaired) electrons. The minimum absolute atomic E-state index is 0.0245. The second kappa shape index (κ2) is 5.96. The summed E-state index contributed by atoms with van der Waals surface area (Å²) in [5.74, 6) is -0.332. The van der Waals surface area contributed by atoms with Crippen LogP contribution in [0, 0.1) is 0 Å². The highest BCUT2D eigenvalue weighted by Gasteiger charge is 2.10. The van der Waals surface area contributed by atoms with Crippen LogP contribution in [0.3, 0.4) is 0 Å². The molecule has 0 fully saturated rings. The maximum Gasteiger partial charge on any atom is 0.169 e. The third kappa shape index (κ3) is 2.68. The first kappa shape index (κ1) is 14.8. The summed E-state index contributed by atoms with van der Waals surface area (Å²) in [4.78, 5) is 0. The molecule has 23 heavy (non-hydrogen) atoms. The number of rotatable bonds is 3. The van der Waals surface area contributed by atoms with Crippen LogP contribution < -0.4 is 0 Å². The number of aryl methyl sites for hydroxylation is 1. The molecule has 5 heteroatoms. The van der Waals surface area contributed by atoms with Crippen molar-refractivity contribution in [2.75, 3.05) is 0 Å². The summed E-state index contributed by atoms with van der Waals surface area (Å²) < 4.78 is 0. The third-order valence-corrected chi connectivity index (χ3v) is 3.73. The lowest BCUT2D eigenvalue weighted by Gasteiger charge is -2.07. The second-order valence-corrected chi connectivity index (χ2v) is 5.14. The van der Waals surface area contributed by atoms with Crippen LogP contribution in [0.2, 0.25) is 0 Å². The van der Waals surface area contributed by atoms with Gasteiger partial charge in [0.15, 0.2) is 11.4 Å². The van der Waals surface area contributed by atoms with Gasteiger partial charge in [-0.2, -0.15) is 0 Å². The first-order valence-electron chi connectivity index (χ1n) is 7.28. The van der Waals surface area contributed by atoms with Crippen molar-refractivity contribution in [3.63, 3.8) is 0 Å². The van der Waals surface area contributed by atoms with Gasteiger partial charge in [0, 0.05) is 5.39 Å². The molecule has 0 bridgehead atoms. The molecule has 0 aliphatic carbocycles. The fourth-order valence-electron chi connectivity index (χ4n) is 2.51. The average molecular weight is 308 g/mol. The number of benzene rings is 3. The second-order valence-electron chi connectivity index (χ2n) is 5.14. The molecule has 0 saturated carbocycles. The average Bonchev–Trinajstić information content (AvgIpc) is 2.55. The fourth-order valence-corrected chi connectivity index (χ4v) is 2.51. The van der Waals surface area contributed by atoms with Gasteiger partial charge >= 0.3 is 0 Å². The minimum Gasteiger partial charge on any atom is -0.505 e. The minimum atomic E-state index is -0.178. The molecular weight excluding hydrogens is 292 g/mol. The summed E-state index contributed by atoms with van der Waals surface area (Å²) >= 11 is 0. The first-order chi connectivity index (χ1) is 11.1. The number of hydrogen-bond donors (Lipinski definition) is 3. The van der Waals surface area contributed by atoms with Gasteiger partial charge in [-0.3, -0.25) is 0 Å². The highest BCUT2D eigenvalue weighted by Crippen LogP contribution is 2.40. The van der Waals surface area contributed by atoms with Gasteiger partial charge in [0.25, 0.3) is 0 Å². The number of fused-ring (bicyclic) bond motifs is 1. The molecule has 0 atom stereocenters. The monoisotopic (exact) mass is 308 g/mol. The van der Waals surface area contributed by atoms with Crippen LogP contribution in [-0.4, -0.2) is 15.3 Å². The molecule has 3 rings (SSSR count). The van der Waals surface area contributed by atoms with Gasteiger partial charge in [0.05, 0.1) is 0 Å². The Morgan fingerprint density at radius 2 is 1.48 bits per heavy atom. The smallest absolute Gasteiger partial charge is 0.169 e. The van der Waals surface area contributed by atoms with Crippen molar-refractivity contribution in [1.29, 1.82) is 0 Å². The van der Waals surface area contributed by atoms with Crippen molar-refractivity contribution >= 4 is 22.1 Å². The Bertz CT molecular complexity index is 884. The van der Waals surface area contributed by atoms with Crippen molar-refractivity contribution in [2.24, 2.45) is 10.2 Å². The van der Waals surface area contributed by atoms with E-state index in [9.17, 15) is 15.3 Å². The molecule has 3 aromatic rings. The molecule has 3 N–H and O–H groups in total. The zero-order valence-corrected chi connectivity index (χ0v) is 12.6. The van der Waals surface area contributed by atoms with Crippen LogP contribution in [0.4, 0.5) is 11.4 Å². The highest BCUT2D eigenvalue weighted by molar-refractivity contribution is 5.94. The van der Waals surface area contributed by atoms with Crippen LogP contribution >= 0.6 is 0 Å². The standard InChI is InChI=1S/C18H16N2O3/c1-2-11-5-3-6-13-12(11)9-10-14(18(13)23)19-20-17-15(21)7-4-8-16(17)22/h3-10,21-23H,2H2,1H3. The highest BCUT2D eigenvalue weighted by atomic mass is 16.3. The molecule has 0 amide bonds. The van der Waals surface area contributed by atoms with Gasteiger partial charge in [0.1, 0.15) is 17.2 Å². The van der Waals surface area contributed by atoms with E-state index >= 15 is 0 Å². The summed E-state index contributed by atoms with van der Waals surface area (Å²) in [6.45, 7) is 2.06. The molecule has 0 spiro atoms. The molecule has 0 aliphatic rings. The molecule has 0 unspecified atom stereocenters. The molecule has 0 saturated heterocycles. The molecule has 5 nitrogen and oxygen atoms in total. The van der Waals surface area contributed by atoms with Crippen molar-refractivity contribution in [3.05, 3.63) is 54.1 Å². The summed E-state index contributed by atoms with van der Waals surface area (Å²) in [6.07, 6.45) is 0.864. The van der Waals surface area contributed by atoms with Gasteiger partial charge in [-0.15, -0.1) is 10.2 Å². The van der Waals surface area contributed by atoms with Gasteiger partial charge in [0.2, 0.25) is 0 Å². The number of phenols is 3. The van der Waals surface area contributed by atoms with Gasteiger partial charge in [-0.05, 0) is 35.6 Å². The zero-order valence-electron chi connectivity index (χ0n) is 12.6. The third-order valence-electron chi connectivity index (χ3n) is 3.73. The Morgan fingerprint density at radius 3 is 2.17 bits per heavy atom. The Hall–Kier alpha value is -3.08. The van der Waals surface area contributed by atoms with E-state index in [0.717, 1.165) is 17.4 Å². The predicted molar refractivity (Wildman–Crippen MR) is 88.9 cm³/mol. The summed E-state index contributed by atoms with van der Waals surface area (Å²) in [7, 11) is 0. The van der Waals surface area contributed by atoms with Gasteiger partial charge in [-0.25, -0.2) is 0 Å². The van der Waals surface area contributed by atoms with E-state index in [-0.39, 0.29) is 28.6 Å². The van der Waals surface area contributed by atoms with Gasteiger partial charge < -0.3 is 15.3 Å². The largest absolute Gasteiger partial charge is 0.505 e. The molecular formula is C18H16N2O3. The van der Waals surface area contributed by atoms with Crippen LogP contribution in [0.5, 0.6) is 17.2 Å². The fraction of sp³-hybridized carbons (Fsp3) is 0.111. The molecule has 0 heterocycles. The summed E-state index contributed by atoms with van der Waals surface area (Å²) in [6, 6.07) is 13.6. The van der Waals surface area contributed by atoms with E-state index in [4.69, 9.17) is 0 Å². The topological polar surface area (TPSA) is 85.4 Å². The SMILES string of the molecule is CCc1cccc2c(O)c(N=Nc3c(O)cccc3O)ccc12. The molecule has 0 aliphatic heterocycles. The van der Waals surface area contributed by atoms with Crippen LogP contribution in [0.25, 0.3) is 10.8 Å². The normalized spacial score (nSPS) is 11.3. The van der Waals surface area contributed by atoms with Crippen molar-refractivity contribution < 1.29 is 15.3 Å². The quantitative estimate of drug-likeness (QED) is 0.599. The zero-order chi connectivity index (χ0) is 16.4.